The Bertz CT molecular complexity index is 655. The second kappa shape index (κ2) is 6.84. The first kappa shape index (κ1) is 15.6. The molecule has 120 valence electrons. The van der Waals surface area contributed by atoms with Gasteiger partial charge in [-0.3, -0.25) is 4.79 Å². The summed E-state index contributed by atoms with van der Waals surface area (Å²) in [6.07, 6.45) is 0. The highest BCUT2D eigenvalue weighted by Gasteiger charge is 2.31. The van der Waals surface area contributed by atoms with Crippen LogP contribution in [0.15, 0.2) is 54.6 Å². The van der Waals surface area contributed by atoms with Gasteiger partial charge in [0.15, 0.2) is 0 Å². The molecule has 1 N–H and O–H groups in total. The van der Waals surface area contributed by atoms with Crippen LogP contribution in [0.2, 0.25) is 0 Å². The topological polar surface area (TPSA) is 43.8 Å². The lowest BCUT2D eigenvalue weighted by molar-refractivity contribution is -0.134. The van der Waals surface area contributed by atoms with Crippen molar-refractivity contribution in [2.45, 2.75) is 26.1 Å². The molecule has 23 heavy (non-hydrogen) atoms. The van der Waals surface area contributed by atoms with Gasteiger partial charge in [-0.2, -0.15) is 0 Å². The molecule has 2 aromatic rings. The minimum Gasteiger partial charge on any atom is -0.392 e. The highest BCUT2D eigenvalue weighted by Crippen LogP contribution is 2.22. The van der Waals surface area contributed by atoms with Gasteiger partial charge in [-0.05, 0) is 30.2 Å². The van der Waals surface area contributed by atoms with E-state index in [1.165, 1.54) is 0 Å². The van der Waals surface area contributed by atoms with E-state index in [9.17, 15) is 4.79 Å². The first-order chi connectivity index (χ1) is 11.2. The van der Waals surface area contributed by atoms with Crippen molar-refractivity contribution < 1.29 is 9.90 Å². The van der Waals surface area contributed by atoms with E-state index in [0.29, 0.717) is 6.54 Å². The molecule has 1 atom stereocenters. The largest absolute Gasteiger partial charge is 0.392 e. The van der Waals surface area contributed by atoms with Crippen LogP contribution in [0.25, 0.3) is 0 Å². The molecule has 1 amide bonds. The Morgan fingerprint density at radius 2 is 1.65 bits per heavy atom. The second-order valence-corrected chi connectivity index (χ2v) is 5.94. The average Bonchev–Trinajstić information content (AvgIpc) is 2.60. The van der Waals surface area contributed by atoms with Crippen LogP contribution in [0.5, 0.6) is 0 Å². The van der Waals surface area contributed by atoms with Crippen molar-refractivity contribution in [1.82, 2.24) is 4.90 Å². The number of para-hydroxylation sites is 1. The van der Waals surface area contributed by atoms with Crippen molar-refractivity contribution in [3.8, 4) is 0 Å². The van der Waals surface area contributed by atoms with Crippen LogP contribution in [-0.4, -0.2) is 35.0 Å². The number of hydrogen-bond donors (Lipinski definition) is 1. The molecular formula is C19H22N2O2. The van der Waals surface area contributed by atoms with E-state index in [4.69, 9.17) is 5.11 Å². The number of nitrogens with zero attached hydrogens (tertiary/aromatic N) is 2. The molecule has 4 heteroatoms. The molecule has 2 aromatic carbocycles. The minimum atomic E-state index is -0.150. The van der Waals surface area contributed by atoms with Gasteiger partial charge in [0.25, 0.3) is 0 Å². The van der Waals surface area contributed by atoms with E-state index in [1.54, 1.807) is 0 Å². The van der Waals surface area contributed by atoms with Crippen LogP contribution in [-0.2, 0) is 17.9 Å². The average molecular weight is 310 g/mol. The summed E-state index contributed by atoms with van der Waals surface area (Å²) < 4.78 is 0. The third-order valence-corrected chi connectivity index (χ3v) is 4.41. The highest BCUT2D eigenvalue weighted by molar-refractivity contribution is 5.86. The Morgan fingerprint density at radius 3 is 2.30 bits per heavy atom. The van der Waals surface area contributed by atoms with Crippen LogP contribution >= 0.6 is 0 Å². The van der Waals surface area contributed by atoms with Gasteiger partial charge in [0.2, 0.25) is 5.91 Å². The molecule has 4 nitrogen and oxygen atoms in total. The number of benzene rings is 2. The summed E-state index contributed by atoms with van der Waals surface area (Å²) in [5.41, 5.74) is 3.08. The predicted octanol–water partition coefficient (Wildman–Crippen LogP) is 2.42. The molecule has 1 fully saturated rings. The quantitative estimate of drug-likeness (QED) is 0.943. The zero-order valence-corrected chi connectivity index (χ0v) is 13.4. The summed E-state index contributed by atoms with van der Waals surface area (Å²) >= 11 is 0. The number of hydrogen-bond acceptors (Lipinski definition) is 3. The van der Waals surface area contributed by atoms with Gasteiger partial charge in [-0.25, -0.2) is 0 Å². The number of anilines is 1. The number of aliphatic hydroxyl groups is 1. The molecule has 0 aliphatic carbocycles. The van der Waals surface area contributed by atoms with Crippen molar-refractivity contribution in [3.05, 3.63) is 65.7 Å². The monoisotopic (exact) mass is 310 g/mol. The fraction of sp³-hybridized carbons (Fsp3) is 0.316. The van der Waals surface area contributed by atoms with E-state index >= 15 is 0 Å². The van der Waals surface area contributed by atoms with Crippen molar-refractivity contribution in [2.75, 3.05) is 18.0 Å². The molecule has 1 saturated heterocycles. The maximum atomic E-state index is 12.7. The lowest BCUT2D eigenvalue weighted by Crippen LogP contribution is -2.55. The summed E-state index contributed by atoms with van der Waals surface area (Å²) in [7, 11) is 0. The smallest absolute Gasteiger partial charge is 0.245 e. The number of piperazine rings is 1. The van der Waals surface area contributed by atoms with Crippen molar-refractivity contribution in [2.24, 2.45) is 0 Å². The third-order valence-electron chi connectivity index (χ3n) is 4.41. The van der Waals surface area contributed by atoms with Crippen molar-refractivity contribution in [3.63, 3.8) is 0 Å². The first-order valence-electron chi connectivity index (χ1n) is 7.98. The van der Waals surface area contributed by atoms with Gasteiger partial charge in [-0.1, -0.05) is 42.5 Å². The van der Waals surface area contributed by atoms with E-state index in [1.807, 2.05) is 66.4 Å². The second-order valence-electron chi connectivity index (χ2n) is 5.94. The number of aliphatic hydroxyl groups excluding tert-OH is 1. The molecule has 1 aliphatic rings. The van der Waals surface area contributed by atoms with E-state index in [0.717, 1.165) is 29.9 Å². The lowest BCUT2D eigenvalue weighted by Gasteiger charge is -2.40. The van der Waals surface area contributed by atoms with Gasteiger partial charge in [-0.15, -0.1) is 0 Å². The fourth-order valence-electron chi connectivity index (χ4n) is 3.03. The Hall–Kier alpha value is -2.33. The Balaban J connectivity index is 1.68. The first-order valence-corrected chi connectivity index (χ1v) is 7.98. The molecular weight excluding hydrogens is 288 g/mol. The number of amides is 1. The molecule has 0 spiro atoms. The number of rotatable bonds is 4. The highest BCUT2D eigenvalue weighted by atomic mass is 16.3. The van der Waals surface area contributed by atoms with Crippen LogP contribution < -0.4 is 4.90 Å². The zero-order chi connectivity index (χ0) is 16.2. The molecule has 3 rings (SSSR count). The summed E-state index contributed by atoms with van der Waals surface area (Å²) in [6, 6.07) is 17.7. The molecule has 0 bridgehead atoms. The molecule has 1 unspecified atom stereocenters. The van der Waals surface area contributed by atoms with Crippen LogP contribution in [0.4, 0.5) is 5.69 Å². The zero-order valence-electron chi connectivity index (χ0n) is 13.4. The van der Waals surface area contributed by atoms with Crippen molar-refractivity contribution >= 4 is 11.6 Å². The van der Waals surface area contributed by atoms with Gasteiger partial charge >= 0.3 is 0 Å². The standard InChI is InChI=1S/C19H22N2O2/c1-15-19(23)20(13-16-7-9-17(14-22)10-8-16)11-12-21(15)18-5-3-2-4-6-18/h2-10,15,22H,11-14H2,1H3. The summed E-state index contributed by atoms with van der Waals surface area (Å²) in [5, 5.41) is 9.09. The fourth-order valence-corrected chi connectivity index (χ4v) is 3.03. The predicted molar refractivity (Wildman–Crippen MR) is 91.0 cm³/mol. The molecule has 0 aromatic heterocycles. The van der Waals surface area contributed by atoms with Crippen LogP contribution in [0.3, 0.4) is 0 Å². The molecule has 0 radical (unpaired) electrons. The maximum absolute atomic E-state index is 12.7. The molecule has 0 saturated carbocycles. The van der Waals surface area contributed by atoms with Gasteiger partial charge in [0.05, 0.1) is 6.61 Å². The van der Waals surface area contributed by atoms with Gasteiger partial charge in [0.1, 0.15) is 6.04 Å². The molecule has 1 aliphatic heterocycles. The maximum Gasteiger partial charge on any atom is 0.245 e. The number of carbonyl (C=O) groups is 1. The van der Waals surface area contributed by atoms with E-state index < -0.39 is 0 Å². The summed E-state index contributed by atoms with van der Waals surface area (Å²) in [4.78, 5) is 16.8. The van der Waals surface area contributed by atoms with Crippen LogP contribution in [0, 0.1) is 0 Å². The number of carbonyl (C=O) groups excluding carboxylic acids is 1. The minimum absolute atomic E-state index is 0.0476. The van der Waals surface area contributed by atoms with E-state index in [2.05, 4.69) is 4.90 Å². The SMILES string of the molecule is CC1C(=O)N(Cc2ccc(CO)cc2)CCN1c1ccccc1. The van der Waals surface area contributed by atoms with E-state index in [-0.39, 0.29) is 18.6 Å². The Morgan fingerprint density at radius 1 is 1.00 bits per heavy atom. The third kappa shape index (κ3) is 3.37. The normalized spacial score (nSPS) is 18.3. The van der Waals surface area contributed by atoms with Gasteiger partial charge in [0, 0.05) is 25.3 Å². The van der Waals surface area contributed by atoms with Crippen molar-refractivity contribution in [1.29, 1.82) is 0 Å². The summed E-state index contributed by atoms with van der Waals surface area (Å²) in [6.45, 7) is 4.20. The van der Waals surface area contributed by atoms with Crippen LogP contribution in [0.1, 0.15) is 18.1 Å². The lowest BCUT2D eigenvalue weighted by atomic mass is 10.1. The Labute approximate surface area is 137 Å². The van der Waals surface area contributed by atoms with Gasteiger partial charge < -0.3 is 14.9 Å². The molecule has 1 heterocycles. The Kier molecular flexibility index (Phi) is 4.63. The summed E-state index contributed by atoms with van der Waals surface area (Å²) in [5.74, 6) is 0.159.